The molecule has 2 saturated heterocycles. The van der Waals surface area contributed by atoms with Crippen molar-refractivity contribution in [1.82, 2.24) is 14.7 Å². The summed E-state index contributed by atoms with van der Waals surface area (Å²) in [4.78, 5) is 31.7. The van der Waals surface area contributed by atoms with Crippen molar-refractivity contribution in [3.63, 3.8) is 0 Å². The highest BCUT2D eigenvalue weighted by Gasteiger charge is 2.27. The van der Waals surface area contributed by atoms with Gasteiger partial charge in [-0.05, 0) is 44.4 Å². The summed E-state index contributed by atoms with van der Waals surface area (Å²) in [5.74, 6) is 0.229. The first-order chi connectivity index (χ1) is 14.0. The largest absolute Gasteiger partial charge is 0.342 e. The molecule has 0 aliphatic carbocycles. The molecule has 29 heavy (non-hydrogen) atoms. The topological polar surface area (TPSA) is 55.9 Å². The zero-order chi connectivity index (χ0) is 20.8. The SMILES string of the molecule is Cc1c(Cl)cccc1NC(=O)C(C)N1CCN(CC(=O)N2CCCCCC2)CC1. The van der Waals surface area contributed by atoms with E-state index in [0.717, 1.165) is 63.4 Å². The lowest BCUT2D eigenvalue weighted by atomic mass is 10.1. The van der Waals surface area contributed by atoms with Crippen molar-refractivity contribution in [2.75, 3.05) is 51.1 Å². The highest BCUT2D eigenvalue weighted by atomic mass is 35.5. The Morgan fingerprint density at radius 3 is 2.34 bits per heavy atom. The number of nitrogens with zero attached hydrogens (tertiary/aromatic N) is 3. The van der Waals surface area contributed by atoms with Gasteiger partial charge in [-0.2, -0.15) is 0 Å². The summed E-state index contributed by atoms with van der Waals surface area (Å²) in [6.07, 6.45) is 4.71. The molecule has 0 aromatic heterocycles. The summed E-state index contributed by atoms with van der Waals surface area (Å²) in [7, 11) is 0. The summed E-state index contributed by atoms with van der Waals surface area (Å²) in [5, 5.41) is 3.65. The molecule has 6 nitrogen and oxygen atoms in total. The molecule has 2 aliphatic heterocycles. The molecule has 2 heterocycles. The second kappa shape index (κ2) is 10.4. The fourth-order valence-electron chi connectivity index (χ4n) is 4.07. The van der Waals surface area contributed by atoms with E-state index in [1.807, 2.05) is 36.9 Å². The molecular formula is C22H33ClN4O2. The third-order valence-electron chi connectivity index (χ3n) is 6.18. The maximum atomic E-state index is 12.7. The van der Waals surface area contributed by atoms with Gasteiger partial charge in [0.1, 0.15) is 0 Å². The van der Waals surface area contributed by atoms with Gasteiger partial charge in [-0.15, -0.1) is 0 Å². The monoisotopic (exact) mass is 420 g/mol. The Bertz CT molecular complexity index is 711. The molecule has 0 spiro atoms. The molecule has 2 amide bonds. The Balaban J connectivity index is 1.46. The Morgan fingerprint density at radius 1 is 1.03 bits per heavy atom. The number of rotatable bonds is 5. The van der Waals surface area contributed by atoms with Crippen LogP contribution in [0.2, 0.25) is 5.02 Å². The van der Waals surface area contributed by atoms with Crippen LogP contribution in [0.15, 0.2) is 18.2 Å². The van der Waals surface area contributed by atoms with Crippen LogP contribution in [0.25, 0.3) is 0 Å². The number of hydrogen-bond acceptors (Lipinski definition) is 4. The van der Waals surface area contributed by atoms with Gasteiger partial charge >= 0.3 is 0 Å². The Labute approximate surface area is 179 Å². The van der Waals surface area contributed by atoms with Crippen LogP contribution >= 0.6 is 11.6 Å². The first kappa shape index (κ1) is 22.1. The molecule has 0 radical (unpaired) electrons. The lowest BCUT2D eigenvalue weighted by molar-refractivity contribution is -0.133. The molecule has 1 aromatic carbocycles. The van der Waals surface area contributed by atoms with E-state index in [1.54, 1.807) is 0 Å². The van der Waals surface area contributed by atoms with E-state index in [-0.39, 0.29) is 17.9 Å². The molecule has 2 fully saturated rings. The number of hydrogen-bond donors (Lipinski definition) is 1. The smallest absolute Gasteiger partial charge is 0.241 e. The summed E-state index contributed by atoms with van der Waals surface area (Å²) < 4.78 is 0. The van der Waals surface area contributed by atoms with Gasteiger partial charge in [-0.1, -0.05) is 30.5 Å². The van der Waals surface area contributed by atoms with Crippen molar-refractivity contribution < 1.29 is 9.59 Å². The van der Waals surface area contributed by atoms with Gasteiger partial charge in [0, 0.05) is 50.0 Å². The number of likely N-dealkylation sites (tertiary alicyclic amines) is 1. The predicted molar refractivity (Wildman–Crippen MR) is 117 cm³/mol. The minimum absolute atomic E-state index is 0.0236. The molecule has 2 aliphatic rings. The number of benzene rings is 1. The fraction of sp³-hybridized carbons (Fsp3) is 0.636. The predicted octanol–water partition coefficient (Wildman–Crippen LogP) is 3.00. The van der Waals surface area contributed by atoms with E-state index < -0.39 is 0 Å². The number of carbonyl (C=O) groups excluding carboxylic acids is 2. The quantitative estimate of drug-likeness (QED) is 0.795. The second-order valence-electron chi connectivity index (χ2n) is 8.18. The van der Waals surface area contributed by atoms with Crippen molar-refractivity contribution in [3.8, 4) is 0 Å². The lowest BCUT2D eigenvalue weighted by Gasteiger charge is -2.37. The highest BCUT2D eigenvalue weighted by Crippen LogP contribution is 2.23. The van der Waals surface area contributed by atoms with Gasteiger partial charge in [0.25, 0.3) is 0 Å². The maximum absolute atomic E-state index is 12.7. The molecule has 0 saturated carbocycles. The van der Waals surface area contributed by atoms with Crippen molar-refractivity contribution in [1.29, 1.82) is 0 Å². The first-order valence-corrected chi connectivity index (χ1v) is 11.1. The minimum Gasteiger partial charge on any atom is -0.342 e. The molecule has 0 bridgehead atoms. The van der Waals surface area contributed by atoms with E-state index in [9.17, 15) is 9.59 Å². The standard InChI is InChI=1S/C22H33ClN4O2/c1-17-19(23)8-7-9-20(17)24-22(29)18(2)26-14-12-25(13-15-26)16-21(28)27-10-5-3-4-6-11-27/h7-9,18H,3-6,10-16H2,1-2H3,(H,24,29). The molecule has 160 valence electrons. The maximum Gasteiger partial charge on any atom is 0.241 e. The number of piperazine rings is 1. The van der Waals surface area contributed by atoms with Crippen LogP contribution in [0.3, 0.4) is 0 Å². The Hall–Kier alpha value is -1.63. The van der Waals surface area contributed by atoms with E-state index in [4.69, 9.17) is 11.6 Å². The summed E-state index contributed by atoms with van der Waals surface area (Å²) in [5.41, 5.74) is 1.64. The van der Waals surface area contributed by atoms with Gasteiger partial charge in [0.05, 0.1) is 12.6 Å². The van der Waals surface area contributed by atoms with Crippen LogP contribution in [0, 0.1) is 6.92 Å². The molecule has 1 unspecified atom stereocenters. The van der Waals surface area contributed by atoms with Crippen LogP contribution < -0.4 is 5.32 Å². The van der Waals surface area contributed by atoms with Crippen LogP contribution in [-0.2, 0) is 9.59 Å². The molecule has 3 rings (SSSR count). The minimum atomic E-state index is -0.225. The highest BCUT2D eigenvalue weighted by molar-refractivity contribution is 6.31. The number of nitrogens with one attached hydrogen (secondary N) is 1. The number of carbonyl (C=O) groups is 2. The van der Waals surface area contributed by atoms with E-state index in [1.165, 1.54) is 12.8 Å². The third-order valence-corrected chi connectivity index (χ3v) is 6.59. The van der Waals surface area contributed by atoms with Crippen LogP contribution in [0.1, 0.15) is 38.2 Å². The zero-order valence-electron chi connectivity index (χ0n) is 17.6. The average molecular weight is 421 g/mol. The van der Waals surface area contributed by atoms with Crippen LogP contribution in [0.5, 0.6) is 0 Å². The number of halogens is 1. The summed E-state index contributed by atoms with van der Waals surface area (Å²) in [6, 6.07) is 5.31. The molecule has 7 heteroatoms. The van der Waals surface area contributed by atoms with Gasteiger partial charge in [-0.25, -0.2) is 0 Å². The fourth-order valence-corrected chi connectivity index (χ4v) is 4.24. The van der Waals surface area contributed by atoms with Gasteiger partial charge in [0.2, 0.25) is 11.8 Å². The second-order valence-corrected chi connectivity index (χ2v) is 8.59. The molecular weight excluding hydrogens is 388 g/mol. The van der Waals surface area contributed by atoms with Crippen molar-refractivity contribution in [3.05, 3.63) is 28.8 Å². The molecule has 1 atom stereocenters. The van der Waals surface area contributed by atoms with E-state index >= 15 is 0 Å². The van der Waals surface area contributed by atoms with Crippen LogP contribution in [0.4, 0.5) is 5.69 Å². The number of amides is 2. The zero-order valence-corrected chi connectivity index (χ0v) is 18.4. The van der Waals surface area contributed by atoms with Gasteiger partial charge < -0.3 is 10.2 Å². The molecule has 1 aromatic rings. The van der Waals surface area contributed by atoms with E-state index in [0.29, 0.717) is 11.6 Å². The third kappa shape index (κ3) is 5.93. The summed E-state index contributed by atoms with van der Waals surface area (Å²) >= 11 is 6.15. The Morgan fingerprint density at radius 2 is 1.69 bits per heavy atom. The van der Waals surface area contributed by atoms with E-state index in [2.05, 4.69) is 15.1 Å². The number of anilines is 1. The average Bonchev–Trinajstić information content (AvgIpc) is 3.01. The van der Waals surface area contributed by atoms with Crippen molar-refractivity contribution >= 4 is 29.1 Å². The Kier molecular flexibility index (Phi) is 7.92. The summed E-state index contributed by atoms with van der Waals surface area (Å²) in [6.45, 7) is 9.34. The normalized spacial score (nSPS) is 20.2. The van der Waals surface area contributed by atoms with Crippen molar-refractivity contribution in [2.45, 2.75) is 45.6 Å². The molecule has 1 N–H and O–H groups in total. The van der Waals surface area contributed by atoms with Crippen LogP contribution in [-0.4, -0.2) is 78.4 Å². The lowest BCUT2D eigenvalue weighted by Crippen LogP contribution is -2.54. The van der Waals surface area contributed by atoms with Crippen molar-refractivity contribution in [2.24, 2.45) is 0 Å². The first-order valence-electron chi connectivity index (χ1n) is 10.8. The van der Waals surface area contributed by atoms with Gasteiger partial charge in [-0.3, -0.25) is 19.4 Å². The van der Waals surface area contributed by atoms with Gasteiger partial charge in [0.15, 0.2) is 0 Å².